The number of carbonyl (C=O) groups is 1. The molecular formula is C14H15NOS. The van der Waals surface area contributed by atoms with Crippen molar-refractivity contribution in [2.45, 2.75) is 19.9 Å². The molecule has 88 valence electrons. The molecule has 1 aromatic heterocycles. The molecule has 2 aromatic rings. The van der Waals surface area contributed by atoms with E-state index in [1.165, 1.54) is 4.88 Å². The number of rotatable bonds is 4. The summed E-state index contributed by atoms with van der Waals surface area (Å²) in [6, 6.07) is 11.9. The first-order valence-corrected chi connectivity index (χ1v) is 6.57. The number of nitrogens with one attached hydrogen (secondary N) is 1. The van der Waals surface area contributed by atoms with Crippen LogP contribution < -0.4 is 5.32 Å². The maximum atomic E-state index is 11.8. The van der Waals surface area contributed by atoms with Gasteiger partial charge >= 0.3 is 0 Å². The van der Waals surface area contributed by atoms with Gasteiger partial charge in [-0.05, 0) is 18.1 Å². The van der Waals surface area contributed by atoms with Crippen molar-refractivity contribution in [3.63, 3.8) is 0 Å². The summed E-state index contributed by atoms with van der Waals surface area (Å²) in [4.78, 5) is 13.1. The van der Waals surface area contributed by atoms with Crippen molar-refractivity contribution in [1.82, 2.24) is 5.32 Å². The number of hydrogen-bond donors (Lipinski definition) is 1. The van der Waals surface area contributed by atoms with Gasteiger partial charge in [-0.15, -0.1) is 11.3 Å². The standard InChI is InChI=1S/C14H15NOS/c1-2-13-8-12(10-17-13)14(16)15-9-11-6-4-3-5-7-11/h3-8,10H,2,9H2,1H3,(H,15,16). The largest absolute Gasteiger partial charge is 0.348 e. The van der Waals surface area contributed by atoms with Crippen LogP contribution in [-0.4, -0.2) is 5.91 Å². The second kappa shape index (κ2) is 5.64. The molecule has 0 fully saturated rings. The Labute approximate surface area is 105 Å². The van der Waals surface area contributed by atoms with Gasteiger partial charge in [-0.2, -0.15) is 0 Å². The number of carbonyl (C=O) groups excluding carboxylic acids is 1. The fraction of sp³-hybridized carbons (Fsp3) is 0.214. The summed E-state index contributed by atoms with van der Waals surface area (Å²) in [7, 11) is 0. The predicted molar refractivity (Wildman–Crippen MR) is 71.3 cm³/mol. The first kappa shape index (κ1) is 11.9. The van der Waals surface area contributed by atoms with E-state index < -0.39 is 0 Å². The molecule has 0 aliphatic heterocycles. The van der Waals surface area contributed by atoms with E-state index in [1.54, 1.807) is 11.3 Å². The summed E-state index contributed by atoms with van der Waals surface area (Å²) in [5.74, 6) is 0.00445. The highest BCUT2D eigenvalue weighted by atomic mass is 32.1. The SMILES string of the molecule is CCc1cc(C(=O)NCc2ccccc2)cs1. The van der Waals surface area contributed by atoms with E-state index in [9.17, 15) is 4.79 Å². The minimum absolute atomic E-state index is 0.00445. The molecule has 0 aliphatic rings. The molecule has 0 saturated heterocycles. The number of hydrogen-bond acceptors (Lipinski definition) is 2. The molecule has 17 heavy (non-hydrogen) atoms. The normalized spacial score (nSPS) is 10.2. The number of thiophene rings is 1. The van der Waals surface area contributed by atoms with E-state index in [2.05, 4.69) is 12.2 Å². The van der Waals surface area contributed by atoms with Crippen molar-refractivity contribution in [2.24, 2.45) is 0 Å². The van der Waals surface area contributed by atoms with Crippen molar-refractivity contribution in [2.75, 3.05) is 0 Å². The van der Waals surface area contributed by atoms with Crippen LogP contribution in [0.15, 0.2) is 41.8 Å². The monoisotopic (exact) mass is 245 g/mol. The Balaban J connectivity index is 1.93. The zero-order valence-corrected chi connectivity index (χ0v) is 10.6. The molecule has 2 nitrogen and oxygen atoms in total. The van der Waals surface area contributed by atoms with Gasteiger partial charge in [0, 0.05) is 16.8 Å². The van der Waals surface area contributed by atoms with E-state index in [4.69, 9.17) is 0 Å². The molecule has 0 unspecified atom stereocenters. The molecule has 3 heteroatoms. The molecule has 1 aromatic carbocycles. The quantitative estimate of drug-likeness (QED) is 0.880. The van der Waals surface area contributed by atoms with Crippen LogP contribution >= 0.6 is 11.3 Å². The Morgan fingerprint density at radius 1 is 1.29 bits per heavy atom. The lowest BCUT2D eigenvalue weighted by Gasteiger charge is -2.03. The molecule has 1 heterocycles. The fourth-order valence-electron chi connectivity index (χ4n) is 1.57. The van der Waals surface area contributed by atoms with Crippen molar-refractivity contribution in [1.29, 1.82) is 0 Å². The highest BCUT2D eigenvalue weighted by molar-refractivity contribution is 7.10. The summed E-state index contributed by atoms with van der Waals surface area (Å²) >= 11 is 1.64. The summed E-state index contributed by atoms with van der Waals surface area (Å²) in [5.41, 5.74) is 1.88. The number of amides is 1. The maximum absolute atomic E-state index is 11.8. The molecule has 0 spiro atoms. The first-order valence-electron chi connectivity index (χ1n) is 5.69. The Morgan fingerprint density at radius 3 is 2.71 bits per heavy atom. The molecular weight excluding hydrogens is 230 g/mol. The number of benzene rings is 1. The minimum Gasteiger partial charge on any atom is -0.348 e. The van der Waals surface area contributed by atoms with Gasteiger partial charge in [-0.1, -0.05) is 37.3 Å². The summed E-state index contributed by atoms with van der Waals surface area (Å²) in [5, 5.41) is 4.84. The third-order valence-corrected chi connectivity index (χ3v) is 3.64. The van der Waals surface area contributed by atoms with Crippen LogP contribution in [0.1, 0.15) is 27.7 Å². The fourth-order valence-corrected chi connectivity index (χ4v) is 2.38. The molecule has 2 rings (SSSR count). The maximum Gasteiger partial charge on any atom is 0.252 e. The van der Waals surface area contributed by atoms with E-state index in [0.29, 0.717) is 6.54 Å². The highest BCUT2D eigenvalue weighted by Crippen LogP contribution is 2.15. The minimum atomic E-state index is 0.00445. The zero-order valence-electron chi connectivity index (χ0n) is 9.77. The summed E-state index contributed by atoms with van der Waals surface area (Å²) in [6.45, 7) is 2.68. The number of aryl methyl sites for hydroxylation is 1. The van der Waals surface area contributed by atoms with Gasteiger partial charge in [-0.25, -0.2) is 0 Å². The van der Waals surface area contributed by atoms with Gasteiger partial charge in [0.05, 0.1) is 5.56 Å². The molecule has 0 bridgehead atoms. The first-order chi connectivity index (χ1) is 8.29. The Bertz CT molecular complexity index is 490. The molecule has 1 amide bonds. The van der Waals surface area contributed by atoms with E-state index in [0.717, 1.165) is 17.5 Å². The van der Waals surface area contributed by atoms with Gasteiger partial charge in [0.2, 0.25) is 0 Å². The van der Waals surface area contributed by atoms with Crippen LogP contribution in [-0.2, 0) is 13.0 Å². The molecule has 0 aliphatic carbocycles. The average Bonchev–Trinajstić information content (AvgIpc) is 2.86. The van der Waals surface area contributed by atoms with Gasteiger partial charge in [-0.3, -0.25) is 4.79 Å². The van der Waals surface area contributed by atoms with E-state index >= 15 is 0 Å². The van der Waals surface area contributed by atoms with Gasteiger partial charge in [0.1, 0.15) is 0 Å². The summed E-state index contributed by atoms with van der Waals surface area (Å²) < 4.78 is 0. The molecule has 0 saturated carbocycles. The Morgan fingerprint density at radius 2 is 2.06 bits per heavy atom. The van der Waals surface area contributed by atoms with Crippen molar-refractivity contribution in [3.05, 3.63) is 57.8 Å². The lowest BCUT2D eigenvalue weighted by Crippen LogP contribution is -2.22. The van der Waals surface area contributed by atoms with Crippen LogP contribution in [0.5, 0.6) is 0 Å². The highest BCUT2D eigenvalue weighted by Gasteiger charge is 2.07. The third kappa shape index (κ3) is 3.17. The third-order valence-electron chi connectivity index (χ3n) is 2.56. The van der Waals surface area contributed by atoms with Crippen LogP contribution in [0.25, 0.3) is 0 Å². The molecule has 1 N–H and O–H groups in total. The van der Waals surface area contributed by atoms with Gasteiger partial charge in [0.15, 0.2) is 0 Å². The van der Waals surface area contributed by atoms with E-state index in [1.807, 2.05) is 41.8 Å². The zero-order chi connectivity index (χ0) is 12.1. The Hall–Kier alpha value is -1.61. The lowest BCUT2D eigenvalue weighted by molar-refractivity contribution is 0.0951. The molecule has 0 radical (unpaired) electrons. The van der Waals surface area contributed by atoms with Crippen LogP contribution in [0, 0.1) is 0 Å². The van der Waals surface area contributed by atoms with Crippen molar-refractivity contribution < 1.29 is 4.79 Å². The van der Waals surface area contributed by atoms with Gasteiger partial charge < -0.3 is 5.32 Å². The predicted octanol–water partition coefficient (Wildman–Crippen LogP) is 3.24. The van der Waals surface area contributed by atoms with Crippen LogP contribution in [0.4, 0.5) is 0 Å². The lowest BCUT2D eigenvalue weighted by atomic mass is 10.2. The van der Waals surface area contributed by atoms with Gasteiger partial charge in [0.25, 0.3) is 5.91 Å². The van der Waals surface area contributed by atoms with Crippen LogP contribution in [0.2, 0.25) is 0 Å². The molecule has 0 atom stereocenters. The second-order valence-corrected chi connectivity index (χ2v) is 4.82. The van der Waals surface area contributed by atoms with Crippen LogP contribution in [0.3, 0.4) is 0 Å². The van der Waals surface area contributed by atoms with E-state index in [-0.39, 0.29) is 5.91 Å². The van der Waals surface area contributed by atoms with Crippen molar-refractivity contribution in [3.8, 4) is 0 Å². The Kier molecular flexibility index (Phi) is 3.94. The second-order valence-electron chi connectivity index (χ2n) is 3.82. The topological polar surface area (TPSA) is 29.1 Å². The summed E-state index contributed by atoms with van der Waals surface area (Å²) in [6.07, 6.45) is 0.983. The smallest absolute Gasteiger partial charge is 0.252 e. The van der Waals surface area contributed by atoms with Crippen molar-refractivity contribution >= 4 is 17.2 Å². The average molecular weight is 245 g/mol.